The highest BCUT2D eigenvalue weighted by Crippen LogP contribution is 2.43. The van der Waals surface area contributed by atoms with Crippen LogP contribution < -0.4 is 0 Å². The fraction of sp³-hybridized carbons (Fsp3) is 0.429. The minimum absolute atomic E-state index is 0.0645. The molecule has 3 rings (SSSR count). The number of aromatic nitrogens is 2. The summed E-state index contributed by atoms with van der Waals surface area (Å²) >= 11 is 0. The lowest BCUT2D eigenvalue weighted by atomic mass is 9.83. The van der Waals surface area contributed by atoms with Crippen molar-refractivity contribution in [2.45, 2.75) is 36.8 Å². The molecule has 1 aliphatic carbocycles. The second-order valence-electron chi connectivity index (χ2n) is 5.68. The van der Waals surface area contributed by atoms with Gasteiger partial charge in [-0.3, -0.25) is 9.13 Å². The van der Waals surface area contributed by atoms with E-state index < -0.39 is 30.4 Å². The van der Waals surface area contributed by atoms with Crippen LogP contribution in [0, 0.1) is 0 Å². The maximum atomic E-state index is 10.2. The molecule has 0 bridgehead atoms. The van der Waals surface area contributed by atoms with Crippen molar-refractivity contribution in [2.24, 2.45) is 0 Å². The normalized spacial score (nSPS) is 31.3. The predicted octanol–water partition coefficient (Wildman–Crippen LogP) is -0.619. The minimum Gasteiger partial charge on any atom is -0.494 e. The summed E-state index contributed by atoms with van der Waals surface area (Å²) in [4.78, 5) is 0. The highest BCUT2D eigenvalue weighted by molar-refractivity contribution is 5.28. The first-order valence-electron chi connectivity index (χ1n) is 7.05. The Morgan fingerprint density at radius 1 is 0.609 bits per heavy atom. The molecule has 2 aromatic heterocycles. The van der Waals surface area contributed by atoms with Gasteiger partial charge in [-0.1, -0.05) is 0 Å². The molecule has 0 radical (unpaired) electrons. The van der Waals surface area contributed by atoms with Crippen LogP contribution >= 0.6 is 0 Å². The predicted molar refractivity (Wildman–Crippen MR) is 76.2 cm³/mol. The van der Waals surface area contributed by atoms with Crippen molar-refractivity contribution in [1.29, 1.82) is 0 Å². The van der Waals surface area contributed by atoms with Crippen LogP contribution in [0.1, 0.15) is 18.5 Å². The first-order chi connectivity index (χ1) is 10.8. The van der Waals surface area contributed by atoms with Gasteiger partial charge < -0.3 is 35.7 Å². The highest BCUT2D eigenvalue weighted by atomic mass is 16.4. The number of rotatable bonds is 2. The lowest BCUT2D eigenvalue weighted by Crippen LogP contribution is -2.51. The van der Waals surface area contributed by atoms with E-state index in [0.29, 0.717) is 0 Å². The van der Waals surface area contributed by atoms with Gasteiger partial charge in [0.25, 0.3) is 0 Å². The van der Waals surface area contributed by atoms with Gasteiger partial charge in [-0.15, -0.1) is 0 Å². The Kier molecular flexibility index (Phi) is 3.63. The third kappa shape index (κ3) is 2.29. The lowest BCUT2D eigenvalue weighted by molar-refractivity contribution is -0.129. The van der Waals surface area contributed by atoms with Gasteiger partial charge in [-0.25, -0.2) is 0 Å². The Morgan fingerprint density at radius 3 is 1.22 bits per heavy atom. The fourth-order valence-corrected chi connectivity index (χ4v) is 3.23. The van der Waals surface area contributed by atoms with Gasteiger partial charge >= 0.3 is 0 Å². The summed E-state index contributed by atoms with van der Waals surface area (Å²) in [6.45, 7) is 0. The van der Waals surface area contributed by atoms with E-state index >= 15 is 0 Å². The molecule has 0 spiro atoms. The molecule has 4 atom stereocenters. The average molecular weight is 326 g/mol. The van der Waals surface area contributed by atoms with Crippen LogP contribution in [0.15, 0.2) is 24.3 Å². The molecular weight excluding hydrogens is 308 g/mol. The van der Waals surface area contributed by atoms with Gasteiger partial charge in [-0.05, 0) is 6.42 Å². The van der Waals surface area contributed by atoms with E-state index in [-0.39, 0.29) is 29.9 Å². The van der Waals surface area contributed by atoms with Crippen molar-refractivity contribution in [1.82, 2.24) is 9.13 Å². The van der Waals surface area contributed by atoms with Crippen molar-refractivity contribution >= 4 is 0 Å². The third-order valence-corrected chi connectivity index (χ3v) is 4.38. The molecule has 0 amide bonds. The van der Waals surface area contributed by atoms with E-state index in [1.165, 1.54) is 24.3 Å². The largest absolute Gasteiger partial charge is 0.494 e. The van der Waals surface area contributed by atoms with E-state index in [4.69, 9.17) is 0 Å². The first kappa shape index (κ1) is 15.5. The number of nitrogens with zero attached hydrogens (tertiary/aromatic N) is 2. The Bertz CT molecular complexity index is 613. The molecule has 9 nitrogen and oxygen atoms in total. The van der Waals surface area contributed by atoms with Gasteiger partial charge in [-0.2, -0.15) is 0 Å². The summed E-state index contributed by atoms with van der Waals surface area (Å²) in [6, 6.07) is 2.93. The molecule has 126 valence electrons. The van der Waals surface area contributed by atoms with Crippen LogP contribution in [0.25, 0.3) is 0 Å². The minimum atomic E-state index is -1.61. The molecule has 0 aromatic carbocycles. The zero-order chi connectivity index (χ0) is 16.9. The van der Waals surface area contributed by atoms with E-state index in [2.05, 4.69) is 0 Å². The second-order valence-corrected chi connectivity index (χ2v) is 5.68. The fourth-order valence-electron chi connectivity index (χ4n) is 3.23. The van der Waals surface area contributed by atoms with Gasteiger partial charge in [0.2, 0.25) is 0 Å². The Morgan fingerprint density at radius 2 is 0.913 bits per heavy atom. The van der Waals surface area contributed by atoms with Crippen molar-refractivity contribution in [3.63, 3.8) is 0 Å². The standard InChI is InChI=1S/C14H18N2O7/c17-8-1-2-9(18)15(8)6-5-7(13(22)14(23)12(6)21)16-10(19)3-4-11(16)20/h1-4,6-7,12-14,17-23H,5H2. The molecule has 2 heterocycles. The Balaban J connectivity index is 2.03. The number of hydrogen-bond acceptors (Lipinski definition) is 7. The van der Waals surface area contributed by atoms with Crippen molar-refractivity contribution in [3.05, 3.63) is 24.3 Å². The molecule has 9 heteroatoms. The zero-order valence-electron chi connectivity index (χ0n) is 11.9. The van der Waals surface area contributed by atoms with Gasteiger partial charge in [0.1, 0.15) is 18.3 Å². The maximum absolute atomic E-state index is 10.2. The van der Waals surface area contributed by atoms with Crippen LogP contribution in [0.5, 0.6) is 23.5 Å². The SMILES string of the molecule is Oc1ccc(O)n1C1CC(n2c(O)ccc2O)C(O)C(O)C1O. The number of aliphatic hydroxyl groups is 3. The van der Waals surface area contributed by atoms with Crippen LogP contribution in [-0.4, -0.2) is 63.2 Å². The number of aliphatic hydroxyl groups excluding tert-OH is 3. The quantitative estimate of drug-likeness (QED) is 0.388. The molecule has 1 aliphatic rings. The van der Waals surface area contributed by atoms with Crippen LogP contribution in [-0.2, 0) is 0 Å². The Labute approximate surface area is 130 Å². The maximum Gasteiger partial charge on any atom is 0.194 e. The molecule has 2 aromatic rings. The van der Waals surface area contributed by atoms with E-state index in [9.17, 15) is 35.7 Å². The van der Waals surface area contributed by atoms with Crippen molar-refractivity contribution < 1.29 is 35.7 Å². The lowest BCUT2D eigenvalue weighted by Gasteiger charge is -2.41. The molecule has 0 saturated heterocycles. The number of aromatic hydroxyl groups is 4. The second kappa shape index (κ2) is 5.37. The third-order valence-electron chi connectivity index (χ3n) is 4.38. The van der Waals surface area contributed by atoms with E-state index in [1.54, 1.807) is 0 Å². The molecular formula is C14H18N2O7. The highest BCUT2D eigenvalue weighted by Gasteiger charge is 2.46. The summed E-state index contributed by atoms with van der Waals surface area (Å²) in [7, 11) is 0. The first-order valence-corrected chi connectivity index (χ1v) is 7.05. The van der Waals surface area contributed by atoms with Crippen molar-refractivity contribution in [3.8, 4) is 23.5 Å². The number of hydrogen-bond donors (Lipinski definition) is 7. The molecule has 4 unspecified atom stereocenters. The van der Waals surface area contributed by atoms with Crippen LogP contribution in [0.4, 0.5) is 0 Å². The summed E-state index contributed by atoms with van der Waals surface area (Å²) in [6.07, 6.45) is -4.61. The molecule has 1 saturated carbocycles. The van der Waals surface area contributed by atoms with E-state index in [0.717, 1.165) is 9.13 Å². The average Bonchev–Trinajstić information content (AvgIpc) is 3.01. The molecule has 0 aliphatic heterocycles. The van der Waals surface area contributed by atoms with E-state index in [1.807, 2.05) is 0 Å². The molecule has 1 fully saturated rings. The van der Waals surface area contributed by atoms with Crippen LogP contribution in [0.3, 0.4) is 0 Å². The molecule has 23 heavy (non-hydrogen) atoms. The Hall–Kier alpha value is -2.36. The summed E-state index contributed by atoms with van der Waals surface area (Å²) in [5, 5.41) is 69.8. The topological polar surface area (TPSA) is 151 Å². The monoisotopic (exact) mass is 326 g/mol. The summed E-state index contributed by atoms with van der Waals surface area (Å²) < 4.78 is 2.04. The zero-order valence-corrected chi connectivity index (χ0v) is 11.9. The van der Waals surface area contributed by atoms with Gasteiger partial charge in [0.05, 0.1) is 12.1 Å². The van der Waals surface area contributed by atoms with Crippen molar-refractivity contribution in [2.75, 3.05) is 0 Å². The molecule has 7 N–H and O–H groups in total. The smallest absolute Gasteiger partial charge is 0.194 e. The van der Waals surface area contributed by atoms with Gasteiger partial charge in [0, 0.05) is 24.3 Å². The summed E-state index contributed by atoms with van der Waals surface area (Å²) in [5.74, 6) is -1.30. The summed E-state index contributed by atoms with van der Waals surface area (Å²) in [5.41, 5.74) is 0. The van der Waals surface area contributed by atoms with Gasteiger partial charge in [0.15, 0.2) is 23.5 Å². The van der Waals surface area contributed by atoms with Crippen LogP contribution in [0.2, 0.25) is 0 Å².